The Labute approximate surface area is 199 Å². The number of nitrogens with one attached hydrogen (secondary N) is 1. The van der Waals surface area contributed by atoms with Gasteiger partial charge in [0.05, 0.1) is 16.5 Å². The van der Waals surface area contributed by atoms with E-state index in [0.717, 1.165) is 22.3 Å². The number of hydrogen-bond donors (Lipinski definition) is 1. The molecule has 0 fully saturated rings. The number of benzene rings is 3. The highest BCUT2D eigenvalue weighted by Crippen LogP contribution is 2.24. The molecule has 0 aliphatic rings. The van der Waals surface area contributed by atoms with E-state index in [4.69, 9.17) is 23.2 Å². The smallest absolute Gasteiger partial charge is 0.242 e. The Hall–Kier alpha value is -2.82. The highest BCUT2D eigenvalue weighted by atomic mass is 35.5. The lowest BCUT2D eigenvalue weighted by molar-refractivity contribution is -0.140. The summed E-state index contributed by atoms with van der Waals surface area (Å²) in [5, 5.41) is 3.56. The van der Waals surface area contributed by atoms with Crippen molar-refractivity contribution in [3.63, 3.8) is 0 Å². The van der Waals surface area contributed by atoms with Crippen LogP contribution in [0.1, 0.15) is 22.3 Å². The van der Waals surface area contributed by atoms with Crippen molar-refractivity contribution in [2.45, 2.75) is 32.4 Å². The van der Waals surface area contributed by atoms with E-state index in [1.165, 1.54) is 0 Å². The summed E-state index contributed by atoms with van der Waals surface area (Å²) in [6.45, 7) is 2.33. The van der Waals surface area contributed by atoms with E-state index in [9.17, 15) is 9.59 Å². The lowest BCUT2D eigenvalue weighted by atomic mass is 10.0. The van der Waals surface area contributed by atoms with Crippen LogP contribution in [0.2, 0.25) is 10.0 Å². The van der Waals surface area contributed by atoms with Gasteiger partial charge in [0.25, 0.3) is 0 Å². The number of amides is 2. The molecular formula is C26H26Cl2N2O2. The number of carbonyl (C=O) groups excluding carboxylic acids is 2. The molecule has 0 spiro atoms. The van der Waals surface area contributed by atoms with Crippen molar-refractivity contribution in [2.75, 3.05) is 7.05 Å². The Morgan fingerprint density at radius 3 is 2.25 bits per heavy atom. The predicted octanol–water partition coefficient (Wildman–Crippen LogP) is 5.23. The van der Waals surface area contributed by atoms with Crippen molar-refractivity contribution in [1.29, 1.82) is 0 Å². The van der Waals surface area contributed by atoms with Crippen LogP contribution in [0.3, 0.4) is 0 Å². The van der Waals surface area contributed by atoms with Crippen LogP contribution in [-0.4, -0.2) is 29.8 Å². The minimum Gasteiger partial charge on any atom is -0.357 e. The van der Waals surface area contributed by atoms with Gasteiger partial charge in [-0.2, -0.15) is 0 Å². The Morgan fingerprint density at radius 2 is 1.59 bits per heavy atom. The van der Waals surface area contributed by atoms with E-state index in [-0.39, 0.29) is 18.2 Å². The van der Waals surface area contributed by atoms with Crippen LogP contribution >= 0.6 is 23.2 Å². The normalized spacial score (nSPS) is 11.6. The van der Waals surface area contributed by atoms with Crippen LogP contribution in [0.4, 0.5) is 0 Å². The molecule has 1 N–H and O–H groups in total. The number of nitrogens with zero attached hydrogens (tertiary/aromatic N) is 1. The van der Waals surface area contributed by atoms with Crippen LogP contribution in [-0.2, 0) is 29.0 Å². The number of carbonyl (C=O) groups is 2. The first-order valence-electron chi connectivity index (χ1n) is 10.4. The standard InChI is InChI=1S/C26H26Cl2N2O2/c1-18-7-6-10-21(13-18)17-30(25(31)16-20-11-12-22(27)23(28)14-20)24(26(32)29-2)15-19-8-4-3-5-9-19/h3-14,24H,15-17H2,1-2H3,(H,29,32). The fourth-order valence-electron chi connectivity index (χ4n) is 3.65. The third-order valence-electron chi connectivity index (χ3n) is 5.29. The highest BCUT2D eigenvalue weighted by molar-refractivity contribution is 6.42. The Balaban J connectivity index is 1.95. The summed E-state index contributed by atoms with van der Waals surface area (Å²) in [6.07, 6.45) is 0.532. The van der Waals surface area contributed by atoms with Crippen molar-refractivity contribution < 1.29 is 9.59 Å². The molecule has 3 aromatic carbocycles. The molecule has 0 aromatic heterocycles. The number of aryl methyl sites for hydroxylation is 1. The van der Waals surface area contributed by atoms with Crippen LogP contribution in [0.5, 0.6) is 0 Å². The van der Waals surface area contributed by atoms with E-state index in [1.807, 2.05) is 61.5 Å². The van der Waals surface area contributed by atoms with Gasteiger partial charge in [0.2, 0.25) is 11.8 Å². The second kappa shape index (κ2) is 11.2. The quantitative estimate of drug-likeness (QED) is 0.491. The van der Waals surface area contributed by atoms with Gasteiger partial charge >= 0.3 is 0 Å². The molecule has 0 aliphatic heterocycles. The molecule has 1 atom stereocenters. The van der Waals surface area contributed by atoms with Crippen LogP contribution in [0, 0.1) is 6.92 Å². The second-order valence-corrected chi connectivity index (χ2v) is 8.57. The van der Waals surface area contributed by atoms with Crippen LogP contribution in [0.25, 0.3) is 0 Å². The van der Waals surface area contributed by atoms with Crippen molar-refractivity contribution in [3.05, 3.63) is 105 Å². The van der Waals surface area contributed by atoms with Crippen LogP contribution < -0.4 is 5.32 Å². The number of hydrogen-bond acceptors (Lipinski definition) is 2. The van der Waals surface area contributed by atoms with Gasteiger partial charge in [0, 0.05) is 20.0 Å². The summed E-state index contributed by atoms with van der Waals surface area (Å²) in [5.74, 6) is -0.363. The van der Waals surface area contributed by atoms with E-state index >= 15 is 0 Å². The SMILES string of the molecule is CNC(=O)C(Cc1ccccc1)N(Cc1cccc(C)c1)C(=O)Cc1ccc(Cl)c(Cl)c1. The van der Waals surface area contributed by atoms with Crippen molar-refractivity contribution in [2.24, 2.45) is 0 Å². The summed E-state index contributed by atoms with van der Waals surface area (Å²) in [7, 11) is 1.59. The number of halogens is 2. The largest absolute Gasteiger partial charge is 0.357 e. The Morgan fingerprint density at radius 1 is 0.875 bits per heavy atom. The first-order chi connectivity index (χ1) is 15.4. The minimum absolute atomic E-state index is 0.116. The summed E-state index contributed by atoms with van der Waals surface area (Å²) in [5.41, 5.74) is 3.79. The van der Waals surface area contributed by atoms with Crippen molar-refractivity contribution in [1.82, 2.24) is 10.2 Å². The maximum Gasteiger partial charge on any atom is 0.242 e. The third kappa shape index (κ3) is 6.35. The molecule has 0 radical (unpaired) electrons. The highest BCUT2D eigenvalue weighted by Gasteiger charge is 2.29. The molecule has 0 heterocycles. The number of likely N-dealkylation sites (N-methyl/N-ethyl adjacent to an activating group) is 1. The topological polar surface area (TPSA) is 49.4 Å². The third-order valence-corrected chi connectivity index (χ3v) is 6.03. The second-order valence-electron chi connectivity index (χ2n) is 7.76. The fourth-order valence-corrected chi connectivity index (χ4v) is 3.97. The van der Waals surface area contributed by atoms with Crippen molar-refractivity contribution in [3.8, 4) is 0 Å². The molecule has 4 nitrogen and oxygen atoms in total. The molecule has 166 valence electrons. The van der Waals surface area contributed by atoms with Gasteiger partial charge in [0.15, 0.2) is 0 Å². The molecule has 0 aliphatic carbocycles. The summed E-state index contributed by atoms with van der Waals surface area (Å²) < 4.78 is 0. The van der Waals surface area contributed by atoms with Gasteiger partial charge in [-0.05, 0) is 35.7 Å². The molecular weight excluding hydrogens is 443 g/mol. The molecule has 1 unspecified atom stereocenters. The predicted molar refractivity (Wildman–Crippen MR) is 130 cm³/mol. The van der Waals surface area contributed by atoms with E-state index in [2.05, 4.69) is 5.32 Å². The fraction of sp³-hybridized carbons (Fsp3) is 0.231. The van der Waals surface area contributed by atoms with E-state index in [1.54, 1.807) is 30.1 Å². The maximum absolute atomic E-state index is 13.5. The zero-order chi connectivity index (χ0) is 23.1. The molecule has 0 saturated carbocycles. The van der Waals surface area contributed by atoms with Gasteiger partial charge < -0.3 is 10.2 Å². The summed E-state index contributed by atoms with van der Waals surface area (Å²) in [6, 6.07) is 22.2. The average molecular weight is 469 g/mol. The van der Waals surface area contributed by atoms with Gasteiger partial charge in [-0.15, -0.1) is 0 Å². The van der Waals surface area contributed by atoms with Gasteiger partial charge in [-0.3, -0.25) is 9.59 Å². The Kier molecular flexibility index (Phi) is 8.32. The zero-order valence-corrected chi connectivity index (χ0v) is 19.7. The molecule has 3 aromatic rings. The van der Waals surface area contributed by atoms with E-state index < -0.39 is 6.04 Å². The monoisotopic (exact) mass is 468 g/mol. The lowest BCUT2D eigenvalue weighted by Gasteiger charge is -2.31. The minimum atomic E-state index is -0.654. The van der Waals surface area contributed by atoms with Gasteiger partial charge in [0.1, 0.15) is 6.04 Å². The average Bonchev–Trinajstić information content (AvgIpc) is 2.79. The maximum atomic E-state index is 13.5. The summed E-state index contributed by atoms with van der Waals surface area (Å²) >= 11 is 12.2. The van der Waals surface area contributed by atoms with Crippen molar-refractivity contribution >= 4 is 35.0 Å². The lowest BCUT2D eigenvalue weighted by Crippen LogP contribution is -2.50. The molecule has 2 amide bonds. The zero-order valence-electron chi connectivity index (χ0n) is 18.1. The first kappa shape index (κ1) is 23.8. The molecule has 3 rings (SSSR count). The summed E-state index contributed by atoms with van der Waals surface area (Å²) in [4.78, 5) is 28.1. The number of rotatable bonds is 8. The molecule has 0 bridgehead atoms. The van der Waals surface area contributed by atoms with E-state index in [0.29, 0.717) is 23.0 Å². The Bertz CT molecular complexity index is 1090. The van der Waals surface area contributed by atoms with Gasteiger partial charge in [-0.25, -0.2) is 0 Å². The van der Waals surface area contributed by atoms with Gasteiger partial charge in [-0.1, -0.05) is 89.4 Å². The van der Waals surface area contributed by atoms with Crippen LogP contribution in [0.15, 0.2) is 72.8 Å². The molecule has 6 heteroatoms. The molecule has 0 saturated heterocycles. The molecule has 32 heavy (non-hydrogen) atoms. The first-order valence-corrected chi connectivity index (χ1v) is 11.2.